The zero-order valence-corrected chi connectivity index (χ0v) is 9.02. The van der Waals surface area contributed by atoms with Gasteiger partial charge >= 0.3 is 6.09 Å². The van der Waals surface area contributed by atoms with Crippen LogP contribution in [0.1, 0.15) is 6.92 Å². The largest absolute Gasteiger partial charge is 0.430 e. The second-order valence-corrected chi connectivity index (χ2v) is 4.14. The highest BCUT2D eigenvalue weighted by Crippen LogP contribution is 2.24. The fraction of sp³-hybridized carbons (Fsp3) is 0.800. The Morgan fingerprint density at radius 1 is 2.00 bits per heavy atom. The highest BCUT2D eigenvalue weighted by atomic mass is 32.1. The number of amides is 1. The van der Waals surface area contributed by atoms with E-state index in [4.69, 9.17) is 4.74 Å². The van der Waals surface area contributed by atoms with Gasteiger partial charge in [-0.2, -0.15) is 0 Å². The number of ether oxygens (including phenoxy) is 1. The SMILES string of the molecule is CC1(S)CN([CH2][AlH2])C(=O)O1. The topological polar surface area (TPSA) is 29.5 Å². The van der Waals surface area contributed by atoms with Crippen molar-refractivity contribution in [2.75, 3.05) is 12.0 Å². The Hall–Kier alpha value is 0.152. The monoisotopic (exact) mass is 175 g/mol. The van der Waals surface area contributed by atoms with Crippen molar-refractivity contribution in [2.24, 2.45) is 0 Å². The molecule has 0 N–H and O–H groups in total. The van der Waals surface area contributed by atoms with E-state index in [0.29, 0.717) is 6.54 Å². The highest BCUT2D eigenvalue weighted by molar-refractivity contribution is 7.81. The Bertz CT molecular complexity index is 162. The minimum absolute atomic E-state index is 0.229. The van der Waals surface area contributed by atoms with Gasteiger partial charge in [0.1, 0.15) is 0 Å². The average Bonchev–Trinajstić information content (AvgIpc) is 2.05. The lowest BCUT2D eigenvalue weighted by molar-refractivity contribution is 0.128. The van der Waals surface area contributed by atoms with Crippen LogP contribution in [0, 0.1) is 0 Å². The van der Waals surface area contributed by atoms with E-state index in [1.165, 1.54) is 0 Å². The fourth-order valence-electron chi connectivity index (χ4n) is 0.945. The van der Waals surface area contributed by atoms with E-state index in [-0.39, 0.29) is 6.09 Å². The van der Waals surface area contributed by atoms with Crippen molar-refractivity contribution >= 4 is 35.0 Å². The first kappa shape index (κ1) is 8.25. The third-order valence-corrected chi connectivity index (χ3v) is 2.43. The molecule has 0 bridgehead atoms. The third kappa shape index (κ3) is 1.60. The summed E-state index contributed by atoms with van der Waals surface area (Å²) in [5.41, 5.74) is 0. The van der Waals surface area contributed by atoms with Crippen molar-refractivity contribution in [3.63, 3.8) is 0 Å². The molecule has 1 unspecified atom stereocenters. The number of nitrogens with zero attached hydrogens (tertiary/aromatic N) is 1. The molecule has 1 saturated heterocycles. The van der Waals surface area contributed by atoms with E-state index in [2.05, 4.69) is 12.6 Å². The van der Waals surface area contributed by atoms with E-state index in [1.54, 1.807) is 11.8 Å². The van der Waals surface area contributed by atoms with Crippen LogP contribution in [-0.4, -0.2) is 44.2 Å². The molecule has 3 nitrogen and oxygen atoms in total. The molecule has 1 aliphatic rings. The summed E-state index contributed by atoms with van der Waals surface area (Å²) in [6.07, 6.45) is -0.229. The summed E-state index contributed by atoms with van der Waals surface area (Å²) < 4.78 is 4.93. The number of thiol groups is 1. The number of cyclic esters (lactones) is 1. The highest BCUT2D eigenvalue weighted by Gasteiger charge is 2.36. The first-order chi connectivity index (χ1) is 4.55. The summed E-state index contributed by atoms with van der Waals surface area (Å²) >= 11 is 5.14. The Labute approximate surface area is 73.5 Å². The van der Waals surface area contributed by atoms with Crippen molar-refractivity contribution < 1.29 is 9.53 Å². The number of hydrogen-bond donors (Lipinski definition) is 1. The Morgan fingerprint density at radius 2 is 2.60 bits per heavy atom. The van der Waals surface area contributed by atoms with Gasteiger partial charge in [0.25, 0.3) is 0 Å². The molecule has 1 fully saturated rings. The lowest BCUT2D eigenvalue weighted by Crippen LogP contribution is -2.28. The zero-order valence-electron chi connectivity index (χ0n) is 6.13. The molecule has 10 heavy (non-hydrogen) atoms. The molecule has 1 heterocycles. The zero-order chi connectivity index (χ0) is 7.78. The van der Waals surface area contributed by atoms with Crippen molar-refractivity contribution in [3.05, 3.63) is 0 Å². The van der Waals surface area contributed by atoms with Crippen LogP contribution in [0.5, 0.6) is 0 Å². The minimum Gasteiger partial charge on any atom is -0.430 e. The Balaban J connectivity index is 2.61. The number of carbonyl (C=O) groups is 1. The van der Waals surface area contributed by atoms with E-state index >= 15 is 0 Å². The average molecular weight is 175 g/mol. The molecule has 0 aromatic rings. The normalized spacial score (nSPS) is 32.6. The van der Waals surface area contributed by atoms with Gasteiger partial charge in [-0.3, -0.25) is 0 Å². The maximum atomic E-state index is 10.9. The van der Waals surface area contributed by atoms with Crippen LogP contribution >= 0.6 is 12.6 Å². The summed E-state index contributed by atoms with van der Waals surface area (Å²) in [7, 11) is 0. The summed E-state index contributed by atoms with van der Waals surface area (Å²) in [6.45, 7) is 2.41. The molecular formula is C5H10AlNO2S. The van der Waals surface area contributed by atoms with Crippen LogP contribution in [0.15, 0.2) is 0 Å². The van der Waals surface area contributed by atoms with Crippen molar-refractivity contribution in [2.45, 2.75) is 11.9 Å². The second-order valence-electron chi connectivity index (χ2n) is 2.56. The maximum absolute atomic E-state index is 10.9. The lowest BCUT2D eigenvalue weighted by Gasteiger charge is -2.12. The van der Waals surface area contributed by atoms with E-state index in [1.807, 2.05) is 0 Å². The van der Waals surface area contributed by atoms with Crippen LogP contribution in [-0.2, 0) is 4.74 Å². The summed E-state index contributed by atoms with van der Waals surface area (Å²) in [4.78, 5) is 12.0. The van der Waals surface area contributed by atoms with Crippen molar-refractivity contribution in [1.82, 2.24) is 4.90 Å². The molecule has 0 aromatic heterocycles. The standard InChI is InChI=1S/C5H8NO2S.Al.2H/c1-5(9)3-6(2)4(7)8-5;;;/h9H,2-3H2,1H3;;;. The second kappa shape index (κ2) is 2.65. The molecule has 0 aliphatic carbocycles. The van der Waals surface area contributed by atoms with Crippen LogP contribution in [0.25, 0.3) is 0 Å². The number of carbonyl (C=O) groups excluding carboxylic acids is 1. The molecular weight excluding hydrogens is 165 g/mol. The molecule has 1 amide bonds. The van der Waals surface area contributed by atoms with Gasteiger partial charge in [-0.15, -0.1) is 12.6 Å². The predicted molar refractivity (Wildman–Crippen MR) is 44.0 cm³/mol. The first-order valence-electron chi connectivity index (χ1n) is 3.25. The van der Waals surface area contributed by atoms with E-state index < -0.39 is 4.93 Å². The van der Waals surface area contributed by atoms with Crippen LogP contribution in [0.3, 0.4) is 0 Å². The van der Waals surface area contributed by atoms with Crippen molar-refractivity contribution in [3.8, 4) is 0 Å². The van der Waals surface area contributed by atoms with Crippen molar-refractivity contribution in [1.29, 1.82) is 0 Å². The van der Waals surface area contributed by atoms with Crippen LogP contribution in [0.4, 0.5) is 4.79 Å². The van der Waals surface area contributed by atoms with Gasteiger partial charge in [0.05, 0.1) is 6.54 Å². The van der Waals surface area contributed by atoms with Gasteiger partial charge < -0.3 is 9.64 Å². The van der Waals surface area contributed by atoms with Crippen LogP contribution in [0.2, 0.25) is 0 Å². The van der Waals surface area contributed by atoms with E-state index in [9.17, 15) is 4.79 Å². The Kier molecular flexibility index (Phi) is 2.19. The molecule has 1 rings (SSSR count). The van der Waals surface area contributed by atoms with Gasteiger partial charge in [0.2, 0.25) is 16.3 Å². The number of rotatable bonds is 1. The van der Waals surface area contributed by atoms with Gasteiger partial charge in [-0.1, -0.05) is 0 Å². The van der Waals surface area contributed by atoms with Gasteiger partial charge in [0, 0.05) is 0 Å². The molecule has 0 spiro atoms. The van der Waals surface area contributed by atoms with Gasteiger partial charge in [-0.25, -0.2) is 4.79 Å². The molecule has 0 radical (unpaired) electrons. The summed E-state index contributed by atoms with van der Waals surface area (Å²) in [6, 6.07) is 0. The Morgan fingerprint density at radius 3 is 2.80 bits per heavy atom. The van der Waals surface area contributed by atoms with Gasteiger partial charge in [0.15, 0.2) is 4.93 Å². The summed E-state index contributed by atoms with van der Waals surface area (Å²) in [5.74, 6) is 0. The molecule has 0 aromatic carbocycles. The number of hydrogen-bond acceptors (Lipinski definition) is 3. The molecule has 0 saturated carbocycles. The fourth-order valence-corrected chi connectivity index (χ4v) is 1.68. The van der Waals surface area contributed by atoms with Crippen LogP contribution < -0.4 is 0 Å². The first-order valence-corrected chi connectivity index (χ1v) is 5.11. The molecule has 56 valence electrons. The third-order valence-electron chi connectivity index (χ3n) is 1.43. The van der Waals surface area contributed by atoms with E-state index in [0.717, 1.165) is 21.7 Å². The predicted octanol–water partition coefficient (Wildman–Crippen LogP) is -0.325. The molecule has 1 atom stereocenters. The quantitative estimate of drug-likeness (QED) is 0.437. The molecule has 5 heteroatoms. The summed E-state index contributed by atoms with van der Waals surface area (Å²) in [5, 5.41) is 0.828. The smallest absolute Gasteiger partial charge is 0.410 e. The lowest BCUT2D eigenvalue weighted by atomic mass is 10.4. The maximum Gasteiger partial charge on any atom is 0.410 e. The molecule has 1 aliphatic heterocycles. The van der Waals surface area contributed by atoms with Gasteiger partial charge in [-0.05, 0) is 12.3 Å². The minimum atomic E-state index is -0.568.